The van der Waals surface area contributed by atoms with E-state index in [1.54, 1.807) is 6.20 Å². The summed E-state index contributed by atoms with van der Waals surface area (Å²) in [6.07, 6.45) is 3.70. The molecule has 0 aliphatic heterocycles. The summed E-state index contributed by atoms with van der Waals surface area (Å²) in [5.41, 5.74) is 9.20. The van der Waals surface area contributed by atoms with Gasteiger partial charge in [0.1, 0.15) is 5.58 Å². The summed E-state index contributed by atoms with van der Waals surface area (Å²) in [5, 5.41) is 2.13. The predicted molar refractivity (Wildman–Crippen MR) is 184 cm³/mol. The van der Waals surface area contributed by atoms with Gasteiger partial charge in [-0.25, -0.2) is 4.98 Å². The average molecular weight is 783 g/mol. The average Bonchev–Trinajstić information content (AvgIpc) is 3.72. The van der Waals surface area contributed by atoms with E-state index in [4.69, 9.17) is 14.4 Å². The Morgan fingerprint density at radius 1 is 0.617 bits per heavy atom. The molecule has 0 aliphatic rings. The van der Waals surface area contributed by atoms with Crippen LogP contribution >= 0.6 is 0 Å². The molecule has 0 saturated carbocycles. The molecule has 5 aromatic carbocycles. The number of hydrogen-bond acceptors (Lipinski definition) is 4. The molecule has 0 bridgehead atoms. The molecule has 0 N–H and O–H groups in total. The summed E-state index contributed by atoms with van der Waals surface area (Å²) in [5.74, 6) is 0.753. The summed E-state index contributed by atoms with van der Waals surface area (Å²) in [4.78, 5) is 14.2. The van der Waals surface area contributed by atoms with E-state index < -0.39 is 0 Å². The number of benzene rings is 5. The molecule has 0 spiro atoms. The van der Waals surface area contributed by atoms with Crippen molar-refractivity contribution in [3.05, 3.63) is 170 Å². The molecule has 0 fully saturated rings. The molecule has 5 nitrogen and oxygen atoms in total. The first-order valence-corrected chi connectivity index (χ1v) is 15.0. The Morgan fingerprint density at radius 3 is 2.17 bits per heavy atom. The summed E-state index contributed by atoms with van der Waals surface area (Å²) >= 11 is 0. The molecule has 0 saturated heterocycles. The van der Waals surface area contributed by atoms with Crippen LogP contribution in [0.5, 0.6) is 0 Å². The van der Waals surface area contributed by atoms with Crippen LogP contribution < -0.4 is 0 Å². The van der Waals surface area contributed by atoms with Crippen LogP contribution in [-0.4, -0.2) is 19.5 Å². The number of imidazole rings is 1. The van der Waals surface area contributed by atoms with Crippen molar-refractivity contribution in [1.29, 1.82) is 0 Å². The van der Waals surface area contributed by atoms with E-state index in [1.807, 2.05) is 115 Å². The fraction of sp³-hybridized carbons (Fsp3) is 0. The van der Waals surface area contributed by atoms with E-state index in [1.165, 1.54) is 0 Å². The minimum absolute atomic E-state index is 0. The first kappa shape index (κ1) is 30.0. The Hall–Kier alpha value is -5.68. The molecule has 47 heavy (non-hydrogen) atoms. The molecule has 9 rings (SSSR count). The van der Waals surface area contributed by atoms with E-state index in [9.17, 15) is 0 Å². The fourth-order valence-corrected chi connectivity index (χ4v) is 5.67. The Balaban J connectivity index is 0.000000228. The van der Waals surface area contributed by atoms with Crippen LogP contribution in [0.15, 0.2) is 162 Å². The molecule has 1 radical (unpaired) electrons. The van der Waals surface area contributed by atoms with Crippen molar-refractivity contribution in [3.63, 3.8) is 0 Å². The molecule has 9 aromatic rings. The summed E-state index contributed by atoms with van der Waals surface area (Å²) in [7, 11) is 0. The van der Waals surface area contributed by atoms with Gasteiger partial charge in [-0.3, -0.25) is 4.98 Å². The summed E-state index contributed by atoms with van der Waals surface area (Å²) in [6.45, 7) is 0. The number of aromatic nitrogens is 4. The Morgan fingerprint density at radius 2 is 1.38 bits per heavy atom. The van der Waals surface area contributed by atoms with E-state index in [-0.39, 0.29) is 20.1 Å². The van der Waals surface area contributed by atoms with Crippen LogP contribution in [-0.2, 0) is 20.1 Å². The molecule has 0 unspecified atom stereocenters. The number of pyridine rings is 2. The molecule has 4 aromatic heterocycles. The molecule has 0 atom stereocenters. The van der Waals surface area contributed by atoms with Gasteiger partial charge in [0.05, 0.1) is 16.9 Å². The molecule has 0 amide bonds. The maximum absolute atomic E-state index is 6.31. The maximum atomic E-state index is 6.31. The van der Waals surface area contributed by atoms with Gasteiger partial charge in [-0.05, 0) is 41.6 Å². The normalized spacial score (nSPS) is 10.8. The first-order chi connectivity index (χ1) is 22.8. The number of hydrogen-bond donors (Lipinski definition) is 0. The smallest absolute Gasteiger partial charge is 0.155 e. The number of fused-ring (bicyclic) bond motifs is 4. The summed E-state index contributed by atoms with van der Waals surface area (Å²) in [6, 6.07) is 54.8. The van der Waals surface area contributed by atoms with Gasteiger partial charge in [-0.1, -0.05) is 89.8 Å². The van der Waals surface area contributed by atoms with E-state index >= 15 is 0 Å². The van der Waals surface area contributed by atoms with Crippen LogP contribution in [0, 0.1) is 12.1 Å². The Kier molecular flexibility index (Phi) is 8.52. The van der Waals surface area contributed by atoms with E-state index in [0.29, 0.717) is 0 Å². The number of furan rings is 1. The van der Waals surface area contributed by atoms with Crippen molar-refractivity contribution in [2.24, 2.45) is 0 Å². The predicted octanol–water partition coefficient (Wildman–Crippen LogP) is 10.0. The zero-order valence-corrected chi connectivity index (χ0v) is 27.4. The Labute approximate surface area is 285 Å². The number of para-hydroxylation sites is 2. The zero-order valence-electron chi connectivity index (χ0n) is 25.0. The summed E-state index contributed by atoms with van der Waals surface area (Å²) < 4.78 is 8.40. The monoisotopic (exact) mass is 783 g/mol. The molecule has 227 valence electrons. The second-order valence-corrected chi connectivity index (χ2v) is 10.7. The van der Waals surface area contributed by atoms with Crippen LogP contribution in [0.1, 0.15) is 0 Å². The van der Waals surface area contributed by atoms with Gasteiger partial charge in [0.2, 0.25) is 0 Å². The molecule has 0 aliphatic carbocycles. The van der Waals surface area contributed by atoms with E-state index in [0.717, 1.165) is 72.6 Å². The topological polar surface area (TPSA) is 56.7 Å². The first-order valence-electron chi connectivity index (χ1n) is 15.0. The fourth-order valence-electron chi connectivity index (χ4n) is 5.67. The van der Waals surface area contributed by atoms with Gasteiger partial charge in [0.25, 0.3) is 0 Å². The minimum Gasteiger partial charge on any atom is -0.501 e. The number of nitrogens with zero attached hydrogens (tertiary/aromatic N) is 4. The van der Waals surface area contributed by atoms with Crippen LogP contribution in [0.3, 0.4) is 0 Å². The van der Waals surface area contributed by atoms with Crippen LogP contribution in [0.4, 0.5) is 0 Å². The third-order valence-corrected chi connectivity index (χ3v) is 7.83. The zero-order chi connectivity index (χ0) is 30.7. The molecular formula is C41H26IrN4O-2. The number of rotatable bonds is 4. The SMILES string of the molecule is [Ir].[c-]1ccc2c(oc3ccccc32)c1-c1nc2cc(-c3ccccc3)cnc2n1-c1ccccc1.[c-]1ccccc1-c1ccccn1. The molecule has 6 heteroatoms. The largest absolute Gasteiger partial charge is 0.501 e. The van der Waals surface area contributed by atoms with Crippen molar-refractivity contribution < 1.29 is 24.5 Å². The third kappa shape index (κ3) is 5.88. The van der Waals surface area contributed by atoms with Crippen molar-refractivity contribution >= 4 is 33.1 Å². The van der Waals surface area contributed by atoms with Gasteiger partial charge in [0, 0.05) is 49.1 Å². The quantitative estimate of drug-likeness (QED) is 0.167. The van der Waals surface area contributed by atoms with Gasteiger partial charge in [-0.2, -0.15) is 0 Å². The van der Waals surface area contributed by atoms with Crippen molar-refractivity contribution in [2.75, 3.05) is 0 Å². The van der Waals surface area contributed by atoms with Gasteiger partial charge in [0.15, 0.2) is 5.65 Å². The minimum atomic E-state index is 0. The molecule has 4 heterocycles. The van der Waals surface area contributed by atoms with Crippen LogP contribution in [0.2, 0.25) is 0 Å². The molecular weight excluding hydrogens is 757 g/mol. The van der Waals surface area contributed by atoms with Crippen molar-refractivity contribution in [1.82, 2.24) is 19.5 Å². The van der Waals surface area contributed by atoms with Gasteiger partial charge < -0.3 is 14.0 Å². The van der Waals surface area contributed by atoms with Crippen molar-refractivity contribution in [2.45, 2.75) is 0 Å². The van der Waals surface area contributed by atoms with Crippen molar-refractivity contribution in [3.8, 4) is 39.5 Å². The standard InChI is InChI=1S/C30H18N3O.C11H8N.Ir/c1-3-10-20(11-4-1)21-18-26-30(31-19-21)33(22-12-5-2-6-13-22)29(32-26)25-16-9-15-24-23-14-7-8-17-27(23)34-28(24)25;1-2-6-10(7-3-1)11-8-4-5-9-12-11;/h1-15,17-19H;1-6,8-9H;/q2*-1;. The van der Waals surface area contributed by atoms with E-state index in [2.05, 4.69) is 58.1 Å². The maximum Gasteiger partial charge on any atom is 0.155 e. The van der Waals surface area contributed by atoms with Crippen LogP contribution in [0.25, 0.3) is 72.6 Å². The third-order valence-electron chi connectivity index (χ3n) is 7.83. The second-order valence-electron chi connectivity index (χ2n) is 10.7. The van der Waals surface area contributed by atoms with Gasteiger partial charge in [-0.15, -0.1) is 54.1 Å². The van der Waals surface area contributed by atoms with Gasteiger partial charge >= 0.3 is 0 Å². The second kappa shape index (κ2) is 13.4. The Bertz CT molecular complexity index is 2370.